The molecule has 2 amide bonds. The van der Waals surface area contributed by atoms with Crippen molar-refractivity contribution in [1.82, 2.24) is 4.90 Å². The highest BCUT2D eigenvalue weighted by molar-refractivity contribution is 5.93. The van der Waals surface area contributed by atoms with Crippen molar-refractivity contribution in [2.75, 3.05) is 6.61 Å². The van der Waals surface area contributed by atoms with Gasteiger partial charge in [0.15, 0.2) is 0 Å². The lowest BCUT2D eigenvalue weighted by Gasteiger charge is -2.19. The molecule has 1 aromatic carbocycles. The summed E-state index contributed by atoms with van der Waals surface area (Å²) in [6.45, 7) is 2.28. The first-order valence-electron chi connectivity index (χ1n) is 7.86. The monoisotopic (exact) mass is 301 g/mol. The van der Waals surface area contributed by atoms with Crippen LogP contribution in [0.3, 0.4) is 0 Å². The second-order valence-electron chi connectivity index (χ2n) is 5.50. The van der Waals surface area contributed by atoms with Gasteiger partial charge in [0.1, 0.15) is 6.61 Å². The molecule has 0 aliphatic carbocycles. The maximum Gasteiger partial charge on any atom is 0.416 e. The Balaban J connectivity index is 1.88. The van der Waals surface area contributed by atoms with Gasteiger partial charge in [-0.2, -0.15) is 0 Å². The normalized spacial score (nSPS) is 18.0. The smallest absolute Gasteiger partial charge is 0.416 e. The summed E-state index contributed by atoms with van der Waals surface area (Å²) in [4.78, 5) is 25.4. The van der Waals surface area contributed by atoms with Crippen molar-refractivity contribution >= 4 is 12.0 Å². The molecule has 118 valence electrons. The predicted molar refractivity (Wildman–Crippen MR) is 85.4 cm³/mol. The lowest BCUT2D eigenvalue weighted by atomic mass is 10.1. The Morgan fingerprint density at radius 3 is 2.82 bits per heavy atom. The van der Waals surface area contributed by atoms with E-state index < -0.39 is 6.09 Å². The molecule has 0 saturated carbocycles. The third kappa shape index (κ3) is 4.45. The van der Waals surface area contributed by atoms with E-state index >= 15 is 0 Å². The summed E-state index contributed by atoms with van der Waals surface area (Å²) in [5.41, 5.74) is 1.11. The van der Waals surface area contributed by atoms with Crippen molar-refractivity contribution in [2.24, 2.45) is 0 Å². The quantitative estimate of drug-likeness (QED) is 0.569. The number of carbonyl (C=O) groups is 2. The number of benzene rings is 1. The number of rotatable bonds is 7. The highest BCUT2D eigenvalue weighted by Gasteiger charge is 2.37. The summed E-state index contributed by atoms with van der Waals surface area (Å²) in [7, 11) is 0. The van der Waals surface area contributed by atoms with Crippen LogP contribution >= 0.6 is 0 Å². The van der Waals surface area contributed by atoms with Gasteiger partial charge in [-0.25, -0.2) is 9.69 Å². The van der Waals surface area contributed by atoms with E-state index in [4.69, 9.17) is 4.74 Å². The van der Waals surface area contributed by atoms with Crippen LogP contribution in [0.1, 0.15) is 38.2 Å². The van der Waals surface area contributed by atoms with Crippen LogP contribution in [0.5, 0.6) is 0 Å². The van der Waals surface area contributed by atoms with Gasteiger partial charge >= 0.3 is 6.09 Å². The number of amides is 2. The van der Waals surface area contributed by atoms with E-state index in [1.165, 1.54) is 4.90 Å². The standard InChI is InChI=1S/C18H23NO3/c1-2-3-4-5-9-12-17(20)19-16(14-22-18(19)21)13-15-10-7-6-8-11-15/h2-3,6-8,10-11,16H,4-5,9,12-14H2,1H3/b3-2+/t16-/m0/s1. The molecule has 1 atom stereocenters. The maximum atomic E-state index is 12.3. The van der Waals surface area contributed by atoms with Crippen LogP contribution in [0.25, 0.3) is 0 Å². The Kier molecular flexibility index (Phi) is 6.19. The molecule has 0 spiro atoms. The van der Waals surface area contributed by atoms with Crippen molar-refractivity contribution in [2.45, 2.75) is 45.1 Å². The SMILES string of the molecule is C/C=C/CCCCC(=O)N1C(=O)OC[C@@H]1Cc1ccccc1. The number of nitrogens with zero attached hydrogens (tertiary/aromatic N) is 1. The first-order valence-corrected chi connectivity index (χ1v) is 7.86. The van der Waals surface area contributed by atoms with Gasteiger partial charge in [-0.3, -0.25) is 4.79 Å². The van der Waals surface area contributed by atoms with Gasteiger partial charge in [0.25, 0.3) is 0 Å². The second-order valence-corrected chi connectivity index (χ2v) is 5.50. The first kappa shape index (κ1) is 16.3. The molecular formula is C18H23NO3. The largest absolute Gasteiger partial charge is 0.447 e. The zero-order chi connectivity index (χ0) is 15.8. The topological polar surface area (TPSA) is 46.6 Å². The summed E-state index contributed by atoms with van der Waals surface area (Å²) < 4.78 is 5.07. The number of cyclic esters (lactones) is 1. The minimum Gasteiger partial charge on any atom is -0.447 e. The maximum absolute atomic E-state index is 12.3. The van der Waals surface area contributed by atoms with Crippen molar-refractivity contribution < 1.29 is 14.3 Å². The fraction of sp³-hybridized carbons (Fsp3) is 0.444. The highest BCUT2D eigenvalue weighted by Crippen LogP contribution is 2.19. The van der Waals surface area contributed by atoms with E-state index in [1.807, 2.05) is 43.3 Å². The molecule has 4 nitrogen and oxygen atoms in total. The van der Waals surface area contributed by atoms with E-state index in [0.717, 1.165) is 24.8 Å². The van der Waals surface area contributed by atoms with Crippen LogP contribution in [0.4, 0.5) is 4.79 Å². The van der Waals surface area contributed by atoms with Crippen LogP contribution in [0, 0.1) is 0 Å². The third-order valence-corrected chi connectivity index (χ3v) is 3.79. The molecule has 1 aromatic rings. The molecule has 0 bridgehead atoms. The van der Waals surface area contributed by atoms with Crippen LogP contribution in [-0.4, -0.2) is 29.5 Å². The minimum atomic E-state index is -0.501. The lowest BCUT2D eigenvalue weighted by Crippen LogP contribution is -2.40. The molecule has 4 heteroatoms. The zero-order valence-corrected chi connectivity index (χ0v) is 13.0. The summed E-state index contributed by atoms with van der Waals surface area (Å²) in [6.07, 6.45) is 7.38. The molecule has 0 unspecified atom stereocenters. The molecule has 1 saturated heterocycles. The van der Waals surface area contributed by atoms with Crippen molar-refractivity contribution in [3.8, 4) is 0 Å². The molecule has 1 aliphatic rings. The molecule has 0 radical (unpaired) electrons. The summed E-state index contributed by atoms with van der Waals surface area (Å²) in [5.74, 6) is -0.121. The number of allylic oxidation sites excluding steroid dienone is 2. The van der Waals surface area contributed by atoms with E-state index in [9.17, 15) is 9.59 Å². The Labute approximate surface area is 131 Å². The minimum absolute atomic E-state index is 0.121. The van der Waals surface area contributed by atoms with Crippen molar-refractivity contribution in [3.05, 3.63) is 48.0 Å². The van der Waals surface area contributed by atoms with Crippen molar-refractivity contribution in [3.63, 3.8) is 0 Å². The van der Waals surface area contributed by atoms with Gasteiger partial charge in [0.2, 0.25) is 5.91 Å². The Hall–Kier alpha value is -2.10. The highest BCUT2D eigenvalue weighted by atomic mass is 16.6. The fourth-order valence-electron chi connectivity index (χ4n) is 2.63. The summed E-state index contributed by atoms with van der Waals surface area (Å²) >= 11 is 0. The van der Waals surface area contributed by atoms with E-state index in [0.29, 0.717) is 12.8 Å². The van der Waals surface area contributed by atoms with Crippen LogP contribution in [-0.2, 0) is 16.0 Å². The van der Waals surface area contributed by atoms with Crippen molar-refractivity contribution in [1.29, 1.82) is 0 Å². The van der Waals surface area contributed by atoms with Crippen LogP contribution in [0.2, 0.25) is 0 Å². The Morgan fingerprint density at radius 1 is 1.32 bits per heavy atom. The number of ether oxygens (including phenoxy) is 1. The average Bonchev–Trinajstić information content (AvgIpc) is 2.88. The summed E-state index contributed by atoms with van der Waals surface area (Å²) in [6, 6.07) is 9.69. The number of unbranched alkanes of at least 4 members (excludes halogenated alkanes) is 2. The van der Waals surface area contributed by atoms with Gasteiger partial charge in [-0.15, -0.1) is 0 Å². The lowest BCUT2D eigenvalue weighted by molar-refractivity contribution is -0.129. The zero-order valence-electron chi connectivity index (χ0n) is 13.0. The van der Waals surface area contributed by atoms with Crippen LogP contribution < -0.4 is 0 Å². The molecule has 1 heterocycles. The van der Waals surface area contributed by atoms with Gasteiger partial charge in [0, 0.05) is 6.42 Å². The molecular weight excluding hydrogens is 278 g/mol. The fourth-order valence-corrected chi connectivity index (χ4v) is 2.63. The van der Waals surface area contributed by atoms with E-state index in [-0.39, 0.29) is 18.6 Å². The third-order valence-electron chi connectivity index (χ3n) is 3.79. The molecule has 0 N–H and O–H groups in total. The number of hydrogen-bond acceptors (Lipinski definition) is 3. The molecule has 1 fully saturated rings. The molecule has 22 heavy (non-hydrogen) atoms. The number of hydrogen-bond donors (Lipinski definition) is 0. The molecule has 0 aromatic heterocycles. The second kappa shape index (κ2) is 8.37. The Bertz CT molecular complexity index is 524. The van der Waals surface area contributed by atoms with Crippen LogP contribution in [0.15, 0.2) is 42.5 Å². The van der Waals surface area contributed by atoms with E-state index in [1.54, 1.807) is 0 Å². The Morgan fingerprint density at radius 2 is 2.09 bits per heavy atom. The molecule has 1 aliphatic heterocycles. The predicted octanol–water partition coefficient (Wildman–Crippen LogP) is 3.71. The number of carbonyl (C=O) groups excluding carboxylic acids is 2. The number of imide groups is 1. The summed E-state index contributed by atoms with van der Waals surface area (Å²) in [5, 5.41) is 0. The molecule has 2 rings (SSSR count). The van der Waals surface area contributed by atoms with Gasteiger partial charge in [0.05, 0.1) is 6.04 Å². The van der Waals surface area contributed by atoms with Gasteiger partial charge in [-0.1, -0.05) is 42.5 Å². The van der Waals surface area contributed by atoms with Gasteiger partial charge < -0.3 is 4.74 Å². The van der Waals surface area contributed by atoms with E-state index in [2.05, 4.69) is 6.08 Å². The van der Waals surface area contributed by atoms with Gasteiger partial charge in [-0.05, 0) is 38.2 Å². The average molecular weight is 301 g/mol. The first-order chi connectivity index (χ1) is 10.7.